The lowest BCUT2D eigenvalue weighted by Crippen LogP contribution is -2.46. The molecule has 8 heteroatoms. The van der Waals surface area contributed by atoms with Gasteiger partial charge in [-0.3, -0.25) is 0 Å². The first-order valence-electron chi connectivity index (χ1n) is 13.4. The number of aryl methyl sites for hydroxylation is 2. The summed E-state index contributed by atoms with van der Waals surface area (Å²) in [5, 5.41) is 19.0. The van der Waals surface area contributed by atoms with E-state index >= 15 is 0 Å². The number of phenols is 1. The van der Waals surface area contributed by atoms with E-state index in [1.165, 1.54) is 5.56 Å². The number of nitrogens with one attached hydrogen (secondary N) is 1. The van der Waals surface area contributed by atoms with Crippen LogP contribution >= 0.6 is 0 Å². The van der Waals surface area contributed by atoms with Gasteiger partial charge in [0.2, 0.25) is 0 Å². The monoisotopic (exact) mass is 540 g/mol. The fraction of sp³-hybridized carbons (Fsp3) is 0.121. The molecule has 3 heterocycles. The van der Waals surface area contributed by atoms with E-state index in [2.05, 4.69) is 47.5 Å². The van der Waals surface area contributed by atoms with Crippen LogP contribution in [0.3, 0.4) is 0 Å². The third-order valence-electron chi connectivity index (χ3n) is 7.46. The molecular formula is C33H28N6O2. The van der Waals surface area contributed by atoms with E-state index < -0.39 is 0 Å². The van der Waals surface area contributed by atoms with Gasteiger partial charge in [-0.2, -0.15) is 5.10 Å². The van der Waals surface area contributed by atoms with Crippen LogP contribution in [0.25, 0.3) is 5.69 Å². The lowest BCUT2D eigenvalue weighted by Gasteiger charge is -2.40. The highest BCUT2D eigenvalue weighted by atomic mass is 16.5. The first-order valence-corrected chi connectivity index (χ1v) is 13.4. The van der Waals surface area contributed by atoms with Gasteiger partial charge in [-0.05, 0) is 80.1 Å². The fourth-order valence-corrected chi connectivity index (χ4v) is 5.49. The SMILES string of the molecule is COc1ccc(NC2=Nc3ccccc3N3C2=Nc2c(c(C)nn2-c2ccc(C)cc2)[C@H]3c2cccc(O)c2)cc1. The summed E-state index contributed by atoms with van der Waals surface area (Å²) in [7, 11) is 1.65. The smallest absolute Gasteiger partial charge is 0.179 e. The molecule has 0 fully saturated rings. The summed E-state index contributed by atoms with van der Waals surface area (Å²) in [4.78, 5) is 12.5. The minimum atomic E-state index is -0.312. The second kappa shape index (κ2) is 9.67. The predicted octanol–water partition coefficient (Wildman–Crippen LogP) is 7.00. The summed E-state index contributed by atoms with van der Waals surface area (Å²) in [6.07, 6.45) is 0. The molecule has 5 aromatic rings. The average molecular weight is 541 g/mol. The summed E-state index contributed by atoms with van der Waals surface area (Å²) >= 11 is 0. The Hall–Kier alpha value is -5.37. The molecule has 0 aliphatic carbocycles. The predicted molar refractivity (Wildman–Crippen MR) is 163 cm³/mol. The van der Waals surface area contributed by atoms with Crippen molar-refractivity contribution in [3.8, 4) is 17.2 Å². The van der Waals surface area contributed by atoms with Crippen LogP contribution in [-0.4, -0.2) is 33.7 Å². The molecule has 8 nitrogen and oxygen atoms in total. The van der Waals surface area contributed by atoms with E-state index in [0.717, 1.165) is 51.1 Å². The van der Waals surface area contributed by atoms with Gasteiger partial charge in [0, 0.05) is 11.3 Å². The van der Waals surface area contributed by atoms with Crippen LogP contribution in [-0.2, 0) is 0 Å². The highest BCUT2D eigenvalue weighted by molar-refractivity contribution is 6.51. The number of hydrogen-bond donors (Lipinski definition) is 2. The number of amidine groups is 2. The molecule has 0 radical (unpaired) electrons. The number of rotatable bonds is 4. The Labute approximate surface area is 237 Å². The van der Waals surface area contributed by atoms with Crippen molar-refractivity contribution in [3.63, 3.8) is 0 Å². The summed E-state index contributed by atoms with van der Waals surface area (Å²) in [5.74, 6) is 2.98. The molecule has 2 aliphatic rings. The van der Waals surface area contributed by atoms with Crippen molar-refractivity contribution in [2.24, 2.45) is 9.98 Å². The van der Waals surface area contributed by atoms with Crippen LogP contribution in [0.1, 0.15) is 28.4 Å². The first-order chi connectivity index (χ1) is 20.0. The van der Waals surface area contributed by atoms with Gasteiger partial charge in [0.1, 0.15) is 11.5 Å². The molecule has 2 aliphatic heterocycles. The lowest BCUT2D eigenvalue weighted by molar-refractivity contribution is 0.415. The number of nitrogens with zero attached hydrogens (tertiary/aromatic N) is 5. The number of anilines is 2. The molecule has 0 saturated heterocycles. The van der Waals surface area contributed by atoms with Crippen LogP contribution in [0.4, 0.5) is 22.9 Å². The maximum Gasteiger partial charge on any atom is 0.179 e. The van der Waals surface area contributed by atoms with E-state index in [4.69, 9.17) is 19.8 Å². The maximum absolute atomic E-state index is 10.5. The van der Waals surface area contributed by atoms with Crippen molar-refractivity contribution in [2.45, 2.75) is 19.9 Å². The molecule has 0 bridgehead atoms. The Morgan fingerprint density at radius 3 is 2.39 bits per heavy atom. The molecule has 7 rings (SSSR count). The zero-order valence-corrected chi connectivity index (χ0v) is 22.9. The van der Waals surface area contributed by atoms with Gasteiger partial charge in [-0.25, -0.2) is 14.7 Å². The number of aromatic hydroxyl groups is 1. The number of hydrogen-bond acceptors (Lipinski definition) is 7. The molecular weight excluding hydrogens is 512 g/mol. The Balaban J connectivity index is 1.47. The first kappa shape index (κ1) is 24.7. The van der Waals surface area contributed by atoms with Crippen molar-refractivity contribution in [2.75, 3.05) is 17.3 Å². The number of aliphatic imine (C=N–C) groups is 2. The molecule has 202 valence electrons. The summed E-state index contributed by atoms with van der Waals surface area (Å²) < 4.78 is 7.25. The van der Waals surface area contributed by atoms with E-state index in [-0.39, 0.29) is 11.8 Å². The largest absolute Gasteiger partial charge is 0.508 e. The van der Waals surface area contributed by atoms with Crippen molar-refractivity contribution in [3.05, 3.63) is 119 Å². The third kappa shape index (κ3) is 4.21. The van der Waals surface area contributed by atoms with Crippen LogP contribution in [0.2, 0.25) is 0 Å². The maximum atomic E-state index is 10.5. The zero-order chi connectivity index (χ0) is 28.1. The summed E-state index contributed by atoms with van der Waals surface area (Å²) in [6.45, 7) is 4.08. The van der Waals surface area contributed by atoms with Crippen molar-refractivity contribution in [1.29, 1.82) is 0 Å². The minimum Gasteiger partial charge on any atom is -0.508 e. The fourth-order valence-electron chi connectivity index (χ4n) is 5.49. The van der Waals surface area contributed by atoms with Gasteiger partial charge < -0.3 is 20.1 Å². The Morgan fingerprint density at radius 2 is 1.63 bits per heavy atom. The van der Waals surface area contributed by atoms with Gasteiger partial charge >= 0.3 is 0 Å². The van der Waals surface area contributed by atoms with Crippen LogP contribution < -0.4 is 15.0 Å². The molecule has 0 saturated carbocycles. The van der Waals surface area contributed by atoms with Gasteiger partial charge in [-0.15, -0.1) is 0 Å². The summed E-state index contributed by atoms with van der Waals surface area (Å²) in [6, 6.07) is 31.1. The van der Waals surface area contributed by atoms with Crippen molar-refractivity contribution >= 4 is 34.6 Å². The van der Waals surface area contributed by atoms with E-state index in [1.54, 1.807) is 13.2 Å². The number of fused-ring (bicyclic) bond motifs is 4. The second-order valence-corrected chi connectivity index (χ2v) is 10.2. The van der Waals surface area contributed by atoms with E-state index in [1.807, 2.05) is 72.3 Å². The number of methoxy groups -OCH3 is 1. The average Bonchev–Trinajstić information content (AvgIpc) is 3.32. The second-order valence-electron chi connectivity index (χ2n) is 10.2. The number of ether oxygens (including phenoxy) is 1. The molecule has 0 spiro atoms. The van der Waals surface area contributed by atoms with Crippen molar-refractivity contribution in [1.82, 2.24) is 9.78 Å². The Bertz CT molecular complexity index is 1840. The van der Waals surface area contributed by atoms with Gasteiger partial charge in [0.15, 0.2) is 17.5 Å². The molecule has 0 amide bonds. The quantitative estimate of drug-likeness (QED) is 0.256. The normalized spacial score (nSPS) is 15.3. The minimum absolute atomic E-state index is 0.201. The van der Waals surface area contributed by atoms with Gasteiger partial charge in [0.05, 0.1) is 35.9 Å². The number of benzene rings is 4. The highest BCUT2D eigenvalue weighted by Crippen LogP contribution is 2.48. The summed E-state index contributed by atoms with van der Waals surface area (Å²) in [5.41, 5.74) is 7.45. The molecule has 1 atom stereocenters. The molecule has 41 heavy (non-hydrogen) atoms. The Morgan fingerprint density at radius 1 is 0.854 bits per heavy atom. The van der Waals surface area contributed by atoms with E-state index in [0.29, 0.717) is 11.7 Å². The van der Waals surface area contributed by atoms with Crippen LogP contribution in [0.5, 0.6) is 11.5 Å². The standard InChI is InChI=1S/C33H28N6O2/c1-20-11-15-24(16-12-20)39-32-29(21(2)37-39)30(22-7-6-8-25(40)19-22)38-28-10-5-4-9-27(28)35-31(33(38)36-32)34-23-13-17-26(41-3)18-14-23/h4-19,30,40H,1-3H3,(H,34,35)/t30-/m1/s1. The van der Waals surface area contributed by atoms with E-state index in [9.17, 15) is 5.11 Å². The van der Waals surface area contributed by atoms with Crippen LogP contribution in [0.15, 0.2) is 107 Å². The van der Waals surface area contributed by atoms with Gasteiger partial charge in [0.25, 0.3) is 0 Å². The molecule has 1 aromatic heterocycles. The number of aromatic nitrogens is 2. The Kier molecular flexibility index (Phi) is 5.82. The third-order valence-corrected chi connectivity index (χ3v) is 7.46. The topological polar surface area (TPSA) is 87.3 Å². The van der Waals surface area contributed by atoms with Crippen LogP contribution in [0, 0.1) is 13.8 Å². The highest BCUT2D eigenvalue weighted by Gasteiger charge is 2.41. The number of phenolic OH excluding ortho intramolecular Hbond substituents is 1. The zero-order valence-electron chi connectivity index (χ0n) is 22.9. The number of para-hydroxylation sites is 2. The molecule has 0 unspecified atom stereocenters. The van der Waals surface area contributed by atoms with Gasteiger partial charge in [-0.1, -0.05) is 42.0 Å². The lowest BCUT2D eigenvalue weighted by atomic mass is 9.93. The molecule has 4 aromatic carbocycles. The molecule has 2 N–H and O–H groups in total. The van der Waals surface area contributed by atoms with Crippen molar-refractivity contribution < 1.29 is 9.84 Å².